The molecule has 3 aliphatic rings. The van der Waals surface area contributed by atoms with Crippen molar-refractivity contribution in [3.63, 3.8) is 0 Å². The molecule has 9 rings (SSSR count). The van der Waals surface area contributed by atoms with Crippen LogP contribution in [0.15, 0.2) is 156 Å². The number of ether oxygens (including phenoxy) is 1. The number of hydrogen-bond donors (Lipinski definition) is 5. The van der Waals surface area contributed by atoms with Gasteiger partial charge in [-0.1, -0.05) is 119 Å². The maximum absolute atomic E-state index is 6.41. The van der Waals surface area contributed by atoms with E-state index >= 15 is 0 Å². The molecular weight excluding hydrogens is 1100 g/mol. The van der Waals surface area contributed by atoms with Crippen LogP contribution in [-0.4, -0.2) is 156 Å². The second kappa shape index (κ2) is 32.9. The van der Waals surface area contributed by atoms with E-state index in [2.05, 4.69) is 242 Å². The van der Waals surface area contributed by atoms with Crippen molar-refractivity contribution in [2.24, 2.45) is 9.98 Å². The van der Waals surface area contributed by atoms with Crippen LogP contribution in [0.25, 0.3) is 11.1 Å². The highest BCUT2D eigenvalue weighted by Gasteiger charge is 2.35. The number of fused-ring (bicyclic) bond motifs is 6. The lowest BCUT2D eigenvalue weighted by Crippen LogP contribution is -2.35. The maximum atomic E-state index is 6.41. The minimum absolute atomic E-state index is 0.0831. The topological polar surface area (TPSA) is 102 Å². The van der Waals surface area contributed by atoms with Crippen LogP contribution in [0.3, 0.4) is 0 Å². The zero-order chi connectivity index (χ0) is 63.4. The van der Waals surface area contributed by atoms with Gasteiger partial charge >= 0.3 is 0 Å². The number of allylic oxidation sites excluding steroid dienone is 2. The average molecular weight is 1220 g/mol. The minimum atomic E-state index is -0.186. The van der Waals surface area contributed by atoms with E-state index in [1.165, 1.54) is 121 Å². The van der Waals surface area contributed by atoms with E-state index in [1.807, 2.05) is 0 Å². The third kappa shape index (κ3) is 20.5. The van der Waals surface area contributed by atoms with Crippen molar-refractivity contribution in [1.29, 1.82) is 0 Å². The van der Waals surface area contributed by atoms with Gasteiger partial charge in [-0.05, 0) is 171 Å². The van der Waals surface area contributed by atoms with E-state index in [1.54, 1.807) is 0 Å². The molecule has 0 fully saturated rings. The third-order valence-corrected chi connectivity index (χ3v) is 18.2. The van der Waals surface area contributed by atoms with E-state index in [0.29, 0.717) is 0 Å². The van der Waals surface area contributed by atoms with Crippen LogP contribution in [0.1, 0.15) is 168 Å². The molecule has 0 radical (unpaired) electrons. The summed E-state index contributed by atoms with van der Waals surface area (Å²) in [5, 5.41) is 13.3. The zero-order valence-corrected chi connectivity index (χ0v) is 57.0. The molecule has 0 saturated carbocycles. The first-order valence-corrected chi connectivity index (χ1v) is 34.8. The van der Waals surface area contributed by atoms with Crippen molar-refractivity contribution in [2.45, 2.75) is 146 Å². The second-order valence-corrected chi connectivity index (χ2v) is 29.1. The number of benzene rings is 4. The Hall–Kier alpha value is -6.92. The molecule has 0 saturated heterocycles. The summed E-state index contributed by atoms with van der Waals surface area (Å²) in [6.07, 6.45) is 31.7. The summed E-state index contributed by atoms with van der Waals surface area (Å²) >= 11 is 0. The Kier molecular flexibility index (Phi) is 24.7. The van der Waals surface area contributed by atoms with Gasteiger partial charge in [-0.2, -0.15) is 0 Å². The molecule has 3 aliphatic heterocycles. The molecule has 482 valence electrons. The number of aromatic nitrogens is 2. The lowest BCUT2D eigenvalue weighted by molar-refractivity contribution is -0.870. The van der Waals surface area contributed by atoms with Crippen molar-refractivity contribution < 1.29 is 18.2 Å². The fourth-order valence-corrected chi connectivity index (χ4v) is 13.1. The molecular formula is C79H113N10O+3. The molecule has 5 heterocycles. The smallest absolute Gasteiger partial charge is 0.119 e. The summed E-state index contributed by atoms with van der Waals surface area (Å²) in [6.45, 7) is 9.47. The first-order valence-electron chi connectivity index (χ1n) is 34.8. The quantitative estimate of drug-likeness (QED) is 0.0200. The fourth-order valence-electron chi connectivity index (χ4n) is 13.1. The molecule has 2 aromatic heterocycles. The van der Waals surface area contributed by atoms with Crippen LogP contribution in [0, 0.1) is 0 Å². The first-order chi connectivity index (χ1) is 43.5. The van der Waals surface area contributed by atoms with Gasteiger partial charge in [0.15, 0.2) is 0 Å². The number of aromatic amines is 2. The number of nitrogens with one attached hydrogen (secondary N) is 5. The van der Waals surface area contributed by atoms with Crippen LogP contribution >= 0.6 is 0 Å². The Bertz CT molecular complexity index is 3400. The number of unbranched alkanes of at least 4 members (excludes halogenated alkanes) is 14. The van der Waals surface area contributed by atoms with E-state index < -0.39 is 0 Å². The first kappa shape index (κ1) is 67.5. The molecule has 11 heteroatoms. The molecule has 6 aromatic rings. The summed E-state index contributed by atoms with van der Waals surface area (Å²) in [4.78, 5) is 19.7. The molecule has 8 bridgehead atoms. The highest BCUT2D eigenvalue weighted by atomic mass is 16.5. The van der Waals surface area contributed by atoms with Crippen LogP contribution in [0.4, 0.5) is 17.1 Å². The van der Waals surface area contributed by atoms with E-state index in [4.69, 9.17) is 14.7 Å². The number of anilines is 3. The SMILES string of the molecule is CCCCCCCCCCCOc1ccc(C2=c3ccc([nH]3)=C(c3ccc(NCCCCC[N+](C)(C)C)cc3)C3=NC(C=C3)C(c3ccc(NCCCCC[N+](C)(C)C)cc3)C3=NC(C=C3)C(c3ccc(NCCCCC[N+](C)(C)C)cc3)c3ccc2[nH]3)cc1. The van der Waals surface area contributed by atoms with Gasteiger partial charge in [0, 0.05) is 75.6 Å². The van der Waals surface area contributed by atoms with Crippen LogP contribution < -0.4 is 31.4 Å². The minimum Gasteiger partial charge on any atom is -0.494 e. The lowest BCUT2D eigenvalue weighted by Gasteiger charge is -2.24. The van der Waals surface area contributed by atoms with Crippen LogP contribution in [-0.2, 0) is 0 Å². The Morgan fingerprint density at radius 2 is 0.856 bits per heavy atom. The molecule has 4 atom stereocenters. The molecule has 90 heavy (non-hydrogen) atoms. The summed E-state index contributed by atoms with van der Waals surface area (Å²) in [5.74, 6) is 0.709. The molecule has 11 nitrogen and oxygen atoms in total. The van der Waals surface area contributed by atoms with E-state index in [-0.39, 0.29) is 23.9 Å². The average Bonchev–Trinajstić information content (AvgIpc) is 1.68. The van der Waals surface area contributed by atoms with Gasteiger partial charge in [0.2, 0.25) is 0 Å². The van der Waals surface area contributed by atoms with Gasteiger partial charge in [-0.25, -0.2) is 0 Å². The standard InChI is InChI=1S/C79H113N10O/c1-11-12-13-14-15-16-17-18-28-59-90-67-43-35-63(36-44-67)79-74-51-49-72(85-74)77(61-31-39-65(40-32-61)81-54-23-20-26-57-88(5,6)7)70-47-45-68(83-70)76(60-29-37-64(38-30-60)80-53-22-19-25-56-87(2,3)4)69-46-48-71(84-69)78(73-50-52-75(79)86-73)62-33-41-66(42-34-62)82-55-24-21-27-58-89(8,9)10/h29-52,68,71,76,78,80-82,85-86H,11-28,53-59H2,1-10H3/q+3. The molecule has 0 aliphatic carbocycles. The predicted molar refractivity (Wildman–Crippen MR) is 384 cm³/mol. The Labute approximate surface area is 542 Å². The van der Waals surface area contributed by atoms with Crippen molar-refractivity contribution in [3.05, 3.63) is 190 Å². The summed E-state index contributed by atoms with van der Waals surface area (Å²) in [5.41, 5.74) is 14.4. The van der Waals surface area contributed by atoms with Crippen LogP contribution in [0.2, 0.25) is 0 Å². The molecule has 4 unspecified atom stereocenters. The molecule has 4 aromatic carbocycles. The molecule has 0 spiro atoms. The van der Waals surface area contributed by atoms with E-state index in [9.17, 15) is 0 Å². The van der Waals surface area contributed by atoms with Crippen molar-refractivity contribution in [2.75, 3.05) is 125 Å². The third-order valence-electron chi connectivity index (χ3n) is 18.2. The van der Waals surface area contributed by atoms with Crippen LogP contribution in [0.5, 0.6) is 5.75 Å². The van der Waals surface area contributed by atoms with Crippen molar-refractivity contribution in [1.82, 2.24) is 9.97 Å². The monoisotopic (exact) mass is 1220 g/mol. The van der Waals surface area contributed by atoms with Gasteiger partial charge in [-0.15, -0.1) is 0 Å². The normalized spacial score (nSPS) is 17.4. The molecule has 0 amide bonds. The summed E-state index contributed by atoms with van der Waals surface area (Å²) < 4.78 is 9.44. The maximum Gasteiger partial charge on any atom is 0.119 e. The van der Waals surface area contributed by atoms with Gasteiger partial charge in [0.25, 0.3) is 0 Å². The number of nitrogens with zero attached hydrogens (tertiary/aromatic N) is 5. The highest BCUT2D eigenvalue weighted by molar-refractivity contribution is 6.29. The Morgan fingerprint density at radius 1 is 0.411 bits per heavy atom. The van der Waals surface area contributed by atoms with E-state index in [0.717, 1.165) is 144 Å². The predicted octanol–water partition coefficient (Wildman–Crippen LogP) is 15.3. The highest BCUT2D eigenvalue weighted by Crippen LogP contribution is 2.39. The summed E-state index contributed by atoms with van der Waals surface area (Å²) in [6, 6.07) is 44.8. The van der Waals surface area contributed by atoms with Gasteiger partial charge in [-0.3, -0.25) is 9.98 Å². The number of quaternary nitrogens is 3. The van der Waals surface area contributed by atoms with Crippen molar-refractivity contribution in [3.8, 4) is 5.75 Å². The second-order valence-electron chi connectivity index (χ2n) is 29.1. The summed E-state index contributed by atoms with van der Waals surface area (Å²) in [7, 11) is 20.5. The van der Waals surface area contributed by atoms with Gasteiger partial charge < -0.3 is 44.1 Å². The number of hydrogen-bond acceptors (Lipinski definition) is 6. The van der Waals surface area contributed by atoms with Crippen molar-refractivity contribution >= 4 is 39.6 Å². The largest absolute Gasteiger partial charge is 0.494 e. The number of aliphatic imine (C=N–C) groups is 2. The molecule has 5 N–H and O–H groups in total. The zero-order valence-electron chi connectivity index (χ0n) is 57.0. The lowest BCUT2D eigenvalue weighted by atomic mass is 9.87. The van der Waals surface area contributed by atoms with Gasteiger partial charge in [0.1, 0.15) is 5.75 Å². The van der Waals surface area contributed by atoms with Gasteiger partial charge in [0.05, 0.1) is 119 Å². The number of H-pyrrole nitrogens is 2. The Morgan fingerprint density at radius 3 is 1.39 bits per heavy atom. The fraction of sp³-hybridized carbons (Fsp3) is 0.494. The Balaban J connectivity index is 1.08. The number of rotatable bonds is 36.